The molecule has 118 valence electrons. The van der Waals surface area contributed by atoms with Crippen LogP contribution in [0, 0.1) is 0 Å². The van der Waals surface area contributed by atoms with Crippen LogP contribution in [0.5, 0.6) is 11.5 Å². The van der Waals surface area contributed by atoms with E-state index in [4.69, 9.17) is 14.6 Å². The lowest BCUT2D eigenvalue weighted by Crippen LogP contribution is -2.18. The van der Waals surface area contributed by atoms with Crippen molar-refractivity contribution < 1.29 is 14.6 Å². The second-order valence-corrected chi connectivity index (χ2v) is 5.19. The number of ether oxygens (including phenoxy) is 2. The Hall–Kier alpha value is -2.04. The molecule has 0 radical (unpaired) electrons. The van der Waals surface area contributed by atoms with Gasteiger partial charge in [0.05, 0.1) is 20.8 Å². The van der Waals surface area contributed by atoms with Crippen molar-refractivity contribution in [3.8, 4) is 11.5 Å². The zero-order chi connectivity index (χ0) is 15.9. The number of rotatable bonds is 7. The maximum absolute atomic E-state index is 9.06. The van der Waals surface area contributed by atoms with Crippen LogP contribution >= 0.6 is 0 Å². The minimum absolute atomic E-state index is 0.0765. The van der Waals surface area contributed by atoms with Crippen molar-refractivity contribution in [2.75, 3.05) is 14.2 Å². The van der Waals surface area contributed by atoms with E-state index in [-0.39, 0.29) is 12.6 Å². The Morgan fingerprint density at radius 1 is 1.00 bits per heavy atom. The average Bonchev–Trinajstić information content (AvgIpc) is 2.59. The summed E-state index contributed by atoms with van der Waals surface area (Å²) in [4.78, 5) is 0. The van der Waals surface area contributed by atoms with Gasteiger partial charge in [-0.1, -0.05) is 30.3 Å². The van der Waals surface area contributed by atoms with Gasteiger partial charge in [-0.25, -0.2) is 0 Å². The van der Waals surface area contributed by atoms with Crippen LogP contribution in [0.2, 0.25) is 0 Å². The van der Waals surface area contributed by atoms with Crippen molar-refractivity contribution in [2.45, 2.75) is 26.1 Å². The van der Waals surface area contributed by atoms with E-state index in [0.717, 1.165) is 29.2 Å². The summed E-state index contributed by atoms with van der Waals surface area (Å²) < 4.78 is 10.7. The van der Waals surface area contributed by atoms with Gasteiger partial charge in [0.1, 0.15) is 11.5 Å². The standard InChI is InChI=1S/C18H23NO3/c1-13(17-9-8-16(21-2)10-18(17)22-3)19-11-14-4-6-15(12-20)7-5-14/h4-10,13,19-20H,11-12H2,1-3H3. The van der Waals surface area contributed by atoms with Crippen molar-refractivity contribution in [1.82, 2.24) is 5.32 Å². The van der Waals surface area contributed by atoms with Crippen LogP contribution in [0.3, 0.4) is 0 Å². The molecule has 0 saturated carbocycles. The van der Waals surface area contributed by atoms with Gasteiger partial charge in [-0.3, -0.25) is 0 Å². The summed E-state index contributed by atoms with van der Waals surface area (Å²) in [6.45, 7) is 2.93. The van der Waals surface area contributed by atoms with Crippen molar-refractivity contribution in [3.05, 3.63) is 59.2 Å². The summed E-state index contributed by atoms with van der Waals surface area (Å²) in [7, 11) is 3.31. The number of benzene rings is 2. The molecule has 2 aromatic carbocycles. The molecule has 0 amide bonds. The number of hydrogen-bond acceptors (Lipinski definition) is 4. The maximum atomic E-state index is 9.06. The molecule has 4 nitrogen and oxygen atoms in total. The minimum atomic E-state index is 0.0765. The summed E-state index contributed by atoms with van der Waals surface area (Å²) in [6.07, 6.45) is 0. The average molecular weight is 301 g/mol. The molecule has 0 aliphatic carbocycles. The lowest BCUT2D eigenvalue weighted by molar-refractivity contribution is 0.282. The van der Waals surface area contributed by atoms with Crippen LogP contribution in [0.25, 0.3) is 0 Å². The van der Waals surface area contributed by atoms with E-state index in [9.17, 15) is 0 Å². The third-order valence-corrected chi connectivity index (χ3v) is 3.73. The largest absolute Gasteiger partial charge is 0.497 e. The van der Waals surface area contributed by atoms with Gasteiger partial charge in [0.15, 0.2) is 0 Å². The van der Waals surface area contributed by atoms with Crippen LogP contribution < -0.4 is 14.8 Å². The van der Waals surface area contributed by atoms with E-state index in [1.54, 1.807) is 14.2 Å². The first kappa shape index (κ1) is 16.3. The molecule has 0 bridgehead atoms. The van der Waals surface area contributed by atoms with E-state index < -0.39 is 0 Å². The van der Waals surface area contributed by atoms with E-state index in [1.807, 2.05) is 42.5 Å². The molecule has 2 N–H and O–H groups in total. The van der Waals surface area contributed by atoms with Crippen molar-refractivity contribution in [3.63, 3.8) is 0 Å². The first-order valence-electron chi connectivity index (χ1n) is 7.32. The SMILES string of the molecule is COc1ccc(C(C)NCc2ccc(CO)cc2)c(OC)c1. The lowest BCUT2D eigenvalue weighted by atomic mass is 10.1. The highest BCUT2D eigenvalue weighted by Gasteiger charge is 2.12. The fourth-order valence-corrected chi connectivity index (χ4v) is 2.32. The first-order chi connectivity index (χ1) is 10.7. The molecule has 0 aliphatic rings. The maximum Gasteiger partial charge on any atom is 0.127 e. The van der Waals surface area contributed by atoms with Crippen LogP contribution in [-0.2, 0) is 13.2 Å². The Kier molecular flexibility index (Phi) is 5.81. The topological polar surface area (TPSA) is 50.7 Å². The zero-order valence-electron chi connectivity index (χ0n) is 13.3. The fraction of sp³-hybridized carbons (Fsp3) is 0.333. The quantitative estimate of drug-likeness (QED) is 0.825. The molecule has 1 atom stereocenters. The van der Waals surface area contributed by atoms with Gasteiger partial charge in [0, 0.05) is 24.2 Å². The van der Waals surface area contributed by atoms with Crippen LogP contribution in [0.1, 0.15) is 29.7 Å². The van der Waals surface area contributed by atoms with Gasteiger partial charge >= 0.3 is 0 Å². The van der Waals surface area contributed by atoms with Gasteiger partial charge in [-0.15, -0.1) is 0 Å². The molecule has 2 aromatic rings. The molecular weight excluding hydrogens is 278 g/mol. The van der Waals surface area contributed by atoms with Crippen LogP contribution in [-0.4, -0.2) is 19.3 Å². The molecule has 1 unspecified atom stereocenters. The summed E-state index contributed by atoms with van der Waals surface area (Å²) >= 11 is 0. The number of hydrogen-bond donors (Lipinski definition) is 2. The number of methoxy groups -OCH3 is 2. The zero-order valence-corrected chi connectivity index (χ0v) is 13.3. The Balaban J connectivity index is 2.03. The van der Waals surface area contributed by atoms with E-state index in [2.05, 4.69) is 12.2 Å². The highest BCUT2D eigenvalue weighted by atomic mass is 16.5. The number of nitrogens with one attached hydrogen (secondary N) is 1. The predicted molar refractivity (Wildman–Crippen MR) is 87.2 cm³/mol. The summed E-state index contributed by atoms with van der Waals surface area (Å²) in [5, 5.41) is 12.5. The second kappa shape index (κ2) is 7.82. The highest BCUT2D eigenvalue weighted by molar-refractivity contribution is 5.42. The molecule has 4 heteroatoms. The molecule has 2 rings (SSSR count). The van der Waals surface area contributed by atoms with Crippen molar-refractivity contribution in [2.24, 2.45) is 0 Å². The van der Waals surface area contributed by atoms with Crippen molar-refractivity contribution in [1.29, 1.82) is 0 Å². The predicted octanol–water partition coefficient (Wildman–Crippen LogP) is 3.05. The second-order valence-electron chi connectivity index (χ2n) is 5.19. The molecule has 0 aromatic heterocycles. The molecule has 0 heterocycles. The monoisotopic (exact) mass is 301 g/mol. The smallest absolute Gasteiger partial charge is 0.127 e. The Morgan fingerprint density at radius 2 is 1.68 bits per heavy atom. The molecule has 0 saturated heterocycles. The number of aliphatic hydroxyl groups excluding tert-OH is 1. The third-order valence-electron chi connectivity index (χ3n) is 3.73. The van der Waals surface area contributed by atoms with Gasteiger partial charge in [0.2, 0.25) is 0 Å². The summed E-state index contributed by atoms with van der Waals surface area (Å²) in [5.41, 5.74) is 3.19. The molecule has 0 fully saturated rings. The van der Waals surface area contributed by atoms with Gasteiger partial charge < -0.3 is 19.9 Å². The summed E-state index contributed by atoms with van der Waals surface area (Å²) in [5.74, 6) is 1.60. The van der Waals surface area contributed by atoms with Gasteiger partial charge in [-0.05, 0) is 24.1 Å². The summed E-state index contributed by atoms with van der Waals surface area (Å²) in [6, 6.07) is 13.9. The van der Waals surface area contributed by atoms with E-state index >= 15 is 0 Å². The number of aliphatic hydroxyl groups is 1. The van der Waals surface area contributed by atoms with Crippen LogP contribution in [0.4, 0.5) is 0 Å². The fourth-order valence-electron chi connectivity index (χ4n) is 2.32. The normalized spacial score (nSPS) is 12.0. The lowest BCUT2D eigenvalue weighted by Gasteiger charge is -2.18. The highest BCUT2D eigenvalue weighted by Crippen LogP contribution is 2.29. The first-order valence-corrected chi connectivity index (χ1v) is 7.32. The Labute approximate surface area is 131 Å². The van der Waals surface area contributed by atoms with E-state index in [0.29, 0.717) is 0 Å². The Morgan fingerprint density at radius 3 is 2.27 bits per heavy atom. The van der Waals surface area contributed by atoms with E-state index in [1.165, 1.54) is 5.56 Å². The van der Waals surface area contributed by atoms with Gasteiger partial charge in [0.25, 0.3) is 0 Å². The van der Waals surface area contributed by atoms with Crippen molar-refractivity contribution >= 4 is 0 Å². The minimum Gasteiger partial charge on any atom is -0.497 e. The Bertz CT molecular complexity index is 596. The molecule has 22 heavy (non-hydrogen) atoms. The molecular formula is C18H23NO3. The van der Waals surface area contributed by atoms with Gasteiger partial charge in [-0.2, -0.15) is 0 Å². The third kappa shape index (κ3) is 4.00. The molecule has 0 spiro atoms. The molecule has 0 aliphatic heterocycles. The van der Waals surface area contributed by atoms with Crippen LogP contribution in [0.15, 0.2) is 42.5 Å².